The predicted molar refractivity (Wildman–Crippen MR) is 79.6 cm³/mol. The highest BCUT2D eigenvalue weighted by Crippen LogP contribution is 2.24. The van der Waals surface area contributed by atoms with Crippen LogP contribution in [-0.4, -0.2) is 12.5 Å². The van der Waals surface area contributed by atoms with E-state index in [1.165, 1.54) is 18.2 Å². The number of amides is 1. The topological polar surface area (TPSA) is 64.3 Å². The minimum Gasteiger partial charge on any atom is -0.483 e. The molecule has 0 aliphatic carbocycles. The number of para-hydroxylation sites is 1. The number of hydrogen-bond donors (Lipinski definition) is 2. The highest BCUT2D eigenvalue weighted by atomic mass is 19.1. The van der Waals surface area contributed by atoms with Gasteiger partial charge in [-0.2, -0.15) is 0 Å². The molecule has 1 amide bonds. The molecule has 0 saturated carbocycles. The zero-order valence-electron chi connectivity index (χ0n) is 11.7. The minimum absolute atomic E-state index is 0.166. The first-order chi connectivity index (χ1) is 10.1. The van der Waals surface area contributed by atoms with Gasteiger partial charge in [-0.05, 0) is 37.3 Å². The number of nitrogens with two attached hydrogens (primary N) is 1. The van der Waals surface area contributed by atoms with Gasteiger partial charge in [-0.1, -0.05) is 18.2 Å². The Hall–Kier alpha value is -2.40. The van der Waals surface area contributed by atoms with Crippen LogP contribution in [0.2, 0.25) is 0 Å². The number of anilines is 1. The van der Waals surface area contributed by atoms with Crippen molar-refractivity contribution >= 4 is 11.6 Å². The molecule has 0 heterocycles. The van der Waals surface area contributed by atoms with Crippen molar-refractivity contribution in [1.29, 1.82) is 0 Å². The number of benzene rings is 2. The Bertz CT molecular complexity index is 615. The maximum atomic E-state index is 13.2. The fourth-order valence-corrected chi connectivity index (χ4v) is 1.87. The first-order valence-corrected chi connectivity index (χ1v) is 6.59. The van der Waals surface area contributed by atoms with Crippen LogP contribution in [0.15, 0.2) is 48.5 Å². The Kier molecular flexibility index (Phi) is 4.90. The van der Waals surface area contributed by atoms with Crippen molar-refractivity contribution in [2.24, 2.45) is 5.73 Å². The van der Waals surface area contributed by atoms with Crippen molar-refractivity contribution in [3.05, 3.63) is 59.9 Å². The van der Waals surface area contributed by atoms with Gasteiger partial charge < -0.3 is 15.8 Å². The van der Waals surface area contributed by atoms with Gasteiger partial charge in [-0.3, -0.25) is 4.79 Å². The van der Waals surface area contributed by atoms with Gasteiger partial charge in [0.1, 0.15) is 11.6 Å². The first-order valence-electron chi connectivity index (χ1n) is 6.59. The largest absolute Gasteiger partial charge is 0.483 e. The van der Waals surface area contributed by atoms with Crippen LogP contribution >= 0.6 is 0 Å². The molecule has 0 fully saturated rings. The quantitative estimate of drug-likeness (QED) is 0.889. The molecule has 0 spiro atoms. The van der Waals surface area contributed by atoms with Crippen LogP contribution < -0.4 is 15.8 Å². The zero-order chi connectivity index (χ0) is 15.2. The highest BCUT2D eigenvalue weighted by molar-refractivity contribution is 5.91. The summed E-state index contributed by atoms with van der Waals surface area (Å²) >= 11 is 0. The molecule has 0 aliphatic heterocycles. The van der Waals surface area contributed by atoms with Crippen LogP contribution in [0.1, 0.15) is 18.5 Å². The predicted octanol–water partition coefficient (Wildman–Crippen LogP) is 2.86. The molecule has 2 aromatic rings. The van der Waals surface area contributed by atoms with Gasteiger partial charge in [0, 0.05) is 17.3 Å². The average molecular weight is 288 g/mol. The Balaban J connectivity index is 1.98. The van der Waals surface area contributed by atoms with Gasteiger partial charge in [-0.15, -0.1) is 0 Å². The Labute approximate surface area is 122 Å². The molecular formula is C16H17FN2O2. The van der Waals surface area contributed by atoms with Crippen LogP contribution in [0, 0.1) is 5.82 Å². The molecule has 2 rings (SSSR count). The van der Waals surface area contributed by atoms with Crippen LogP contribution in [0.25, 0.3) is 0 Å². The van der Waals surface area contributed by atoms with Crippen molar-refractivity contribution in [2.45, 2.75) is 13.0 Å². The van der Waals surface area contributed by atoms with E-state index in [0.717, 1.165) is 0 Å². The lowest BCUT2D eigenvalue weighted by atomic mass is 10.1. The zero-order valence-corrected chi connectivity index (χ0v) is 11.7. The van der Waals surface area contributed by atoms with Gasteiger partial charge >= 0.3 is 0 Å². The minimum atomic E-state index is -0.386. The Morgan fingerprint density at radius 2 is 2.00 bits per heavy atom. The number of carbonyl (C=O) groups excluding carboxylic acids is 1. The fourth-order valence-electron chi connectivity index (χ4n) is 1.87. The molecule has 4 nitrogen and oxygen atoms in total. The van der Waals surface area contributed by atoms with E-state index in [2.05, 4.69) is 5.32 Å². The van der Waals surface area contributed by atoms with Crippen molar-refractivity contribution in [3.63, 3.8) is 0 Å². The van der Waals surface area contributed by atoms with Crippen LogP contribution in [0.4, 0.5) is 10.1 Å². The van der Waals surface area contributed by atoms with Gasteiger partial charge in [0.05, 0.1) is 0 Å². The maximum absolute atomic E-state index is 13.2. The molecule has 21 heavy (non-hydrogen) atoms. The van der Waals surface area contributed by atoms with E-state index in [4.69, 9.17) is 10.5 Å². The van der Waals surface area contributed by atoms with E-state index in [-0.39, 0.29) is 24.4 Å². The number of carbonyl (C=O) groups is 1. The second-order valence-corrected chi connectivity index (χ2v) is 4.67. The van der Waals surface area contributed by atoms with E-state index in [1.54, 1.807) is 19.1 Å². The molecule has 0 aromatic heterocycles. The third-order valence-corrected chi connectivity index (χ3v) is 2.88. The lowest BCUT2D eigenvalue weighted by Gasteiger charge is -2.14. The molecule has 3 N–H and O–H groups in total. The summed E-state index contributed by atoms with van der Waals surface area (Å²) in [6.45, 7) is 1.56. The SMILES string of the molecule is C[C@H](N)c1cc(F)ccc1OCC(=O)Nc1ccccc1. The summed E-state index contributed by atoms with van der Waals surface area (Å²) in [6.07, 6.45) is 0. The second-order valence-electron chi connectivity index (χ2n) is 4.67. The van der Waals surface area contributed by atoms with Crippen molar-refractivity contribution < 1.29 is 13.9 Å². The lowest BCUT2D eigenvalue weighted by Crippen LogP contribution is -2.21. The summed E-state index contributed by atoms with van der Waals surface area (Å²) in [6, 6.07) is 12.8. The number of rotatable bonds is 5. The Morgan fingerprint density at radius 3 is 2.67 bits per heavy atom. The second kappa shape index (κ2) is 6.85. The number of halogens is 1. The van der Waals surface area contributed by atoms with E-state index >= 15 is 0 Å². The molecule has 0 aliphatic rings. The monoisotopic (exact) mass is 288 g/mol. The van der Waals surface area contributed by atoms with E-state index in [0.29, 0.717) is 17.0 Å². The summed E-state index contributed by atoms with van der Waals surface area (Å²) in [5.41, 5.74) is 6.99. The summed E-state index contributed by atoms with van der Waals surface area (Å²) in [5, 5.41) is 2.70. The van der Waals surface area contributed by atoms with E-state index in [9.17, 15) is 9.18 Å². The number of ether oxygens (including phenoxy) is 1. The summed E-state index contributed by atoms with van der Waals surface area (Å²) < 4.78 is 18.6. The molecule has 0 radical (unpaired) electrons. The third kappa shape index (κ3) is 4.29. The van der Waals surface area contributed by atoms with Gasteiger partial charge in [0.25, 0.3) is 5.91 Å². The maximum Gasteiger partial charge on any atom is 0.262 e. The standard InChI is InChI=1S/C16H17FN2O2/c1-11(18)14-9-12(17)7-8-15(14)21-10-16(20)19-13-5-3-2-4-6-13/h2-9,11H,10,18H2,1H3,(H,19,20)/t11-/m0/s1. The molecule has 5 heteroatoms. The van der Waals surface area contributed by atoms with Crippen molar-refractivity contribution in [3.8, 4) is 5.75 Å². The normalized spacial score (nSPS) is 11.8. The average Bonchev–Trinajstić information content (AvgIpc) is 2.47. The molecule has 110 valence electrons. The van der Waals surface area contributed by atoms with Crippen LogP contribution in [0.3, 0.4) is 0 Å². The molecule has 0 unspecified atom stereocenters. The van der Waals surface area contributed by atoms with Crippen LogP contribution in [0.5, 0.6) is 5.75 Å². The third-order valence-electron chi connectivity index (χ3n) is 2.88. The lowest BCUT2D eigenvalue weighted by molar-refractivity contribution is -0.118. The first kappa shape index (κ1) is 15.0. The van der Waals surface area contributed by atoms with Crippen molar-refractivity contribution in [2.75, 3.05) is 11.9 Å². The van der Waals surface area contributed by atoms with Crippen LogP contribution in [-0.2, 0) is 4.79 Å². The highest BCUT2D eigenvalue weighted by Gasteiger charge is 2.11. The molecule has 1 atom stereocenters. The Morgan fingerprint density at radius 1 is 1.29 bits per heavy atom. The molecule has 0 saturated heterocycles. The smallest absolute Gasteiger partial charge is 0.262 e. The molecular weight excluding hydrogens is 271 g/mol. The summed E-state index contributed by atoms with van der Waals surface area (Å²) in [7, 11) is 0. The number of nitrogens with one attached hydrogen (secondary N) is 1. The van der Waals surface area contributed by atoms with Gasteiger partial charge in [-0.25, -0.2) is 4.39 Å². The number of hydrogen-bond acceptors (Lipinski definition) is 3. The van der Waals surface area contributed by atoms with Crippen molar-refractivity contribution in [1.82, 2.24) is 0 Å². The van der Waals surface area contributed by atoms with Gasteiger partial charge in [0.2, 0.25) is 0 Å². The van der Waals surface area contributed by atoms with E-state index in [1.807, 2.05) is 18.2 Å². The fraction of sp³-hybridized carbons (Fsp3) is 0.188. The van der Waals surface area contributed by atoms with Gasteiger partial charge in [0.15, 0.2) is 6.61 Å². The molecule has 2 aromatic carbocycles. The molecule has 0 bridgehead atoms. The summed E-state index contributed by atoms with van der Waals surface area (Å²) in [4.78, 5) is 11.8. The van der Waals surface area contributed by atoms with E-state index < -0.39 is 0 Å². The summed E-state index contributed by atoms with van der Waals surface area (Å²) in [5.74, 6) is -0.265.